The van der Waals surface area contributed by atoms with Crippen LogP contribution in [-0.2, 0) is 0 Å². The fourth-order valence-corrected chi connectivity index (χ4v) is 1.29. The van der Waals surface area contributed by atoms with Gasteiger partial charge in [0.25, 0.3) is 0 Å². The number of H-pyrrole nitrogens is 1. The molecule has 1 aromatic heterocycles. The van der Waals surface area contributed by atoms with Crippen LogP contribution in [0.5, 0.6) is 0 Å². The van der Waals surface area contributed by atoms with Gasteiger partial charge in [0.15, 0.2) is 0 Å². The molecule has 0 unspecified atom stereocenters. The van der Waals surface area contributed by atoms with Crippen LogP contribution < -0.4 is 11.4 Å². The smallest absolute Gasteiger partial charge is 0.320 e. The Morgan fingerprint density at radius 3 is 2.69 bits per heavy atom. The second-order valence-corrected chi connectivity index (χ2v) is 3.08. The minimum atomic E-state index is -0.263. The van der Waals surface area contributed by atoms with Gasteiger partial charge < -0.3 is 5.73 Å². The summed E-state index contributed by atoms with van der Waals surface area (Å²) in [6.45, 7) is 0.336. The first-order valence-corrected chi connectivity index (χ1v) is 4.72. The average molecular weight is 214 g/mol. The molecule has 0 spiro atoms. The van der Waals surface area contributed by atoms with Gasteiger partial charge in [-0.1, -0.05) is 11.8 Å². The van der Waals surface area contributed by atoms with Crippen molar-refractivity contribution in [3.05, 3.63) is 46.6 Å². The Kier molecular flexibility index (Phi) is 2.85. The summed E-state index contributed by atoms with van der Waals surface area (Å²) in [5.74, 6) is 5.67. The van der Waals surface area contributed by atoms with Crippen molar-refractivity contribution in [2.24, 2.45) is 5.73 Å². The quantitative estimate of drug-likeness (QED) is 0.649. The highest BCUT2D eigenvalue weighted by molar-refractivity contribution is 5.41. The summed E-state index contributed by atoms with van der Waals surface area (Å²) >= 11 is 0. The molecule has 0 atom stereocenters. The van der Waals surface area contributed by atoms with Crippen molar-refractivity contribution < 1.29 is 0 Å². The van der Waals surface area contributed by atoms with E-state index in [9.17, 15) is 4.79 Å². The van der Waals surface area contributed by atoms with E-state index in [-0.39, 0.29) is 5.69 Å². The second kappa shape index (κ2) is 4.47. The molecule has 1 heterocycles. The lowest BCUT2D eigenvalue weighted by Gasteiger charge is -1.99. The molecule has 0 aliphatic carbocycles. The molecular weight excluding hydrogens is 204 g/mol. The van der Waals surface area contributed by atoms with Gasteiger partial charge in [0.1, 0.15) is 6.33 Å². The lowest BCUT2D eigenvalue weighted by Crippen LogP contribution is -2.13. The maximum Gasteiger partial charge on any atom is 0.347 e. The number of aromatic nitrogens is 3. The van der Waals surface area contributed by atoms with Gasteiger partial charge >= 0.3 is 5.69 Å². The first kappa shape index (κ1) is 10.2. The van der Waals surface area contributed by atoms with E-state index in [0.29, 0.717) is 6.54 Å². The van der Waals surface area contributed by atoms with Gasteiger partial charge in [-0.05, 0) is 24.3 Å². The van der Waals surface area contributed by atoms with Gasteiger partial charge in [-0.3, -0.25) is 0 Å². The highest BCUT2D eigenvalue weighted by atomic mass is 16.1. The Morgan fingerprint density at radius 1 is 1.38 bits per heavy atom. The van der Waals surface area contributed by atoms with Crippen LogP contribution in [0.25, 0.3) is 5.69 Å². The highest BCUT2D eigenvalue weighted by Gasteiger charge is 1.99. The molecule has 0 fully saturated rings. The van der Waals surface area contributed by atoms with Crippen molar-refractivity contribution in [2.45, 2.75) is 0 Å². The van der Waals surface area contributed by atoms with Gasteiger partial charge in [0.2, 0.25) is 0 Å². The SMILES string of the molecule is NCC#Cc1ccc(-n2cn[nH]c2=O)cc1. The third-order valence-electron chi connectivity index (χ3n) is 2.03. The Labute approximate surface area is 91.9 Å². The third kappa shape index (κ3) is 2.02. The maximum atomic E-state index is 11.3. The van der Waals surface area contributed by atoms with E-state index in [1.807, 2.05) is 12.1 Å². The minimum Gasteiger partial charge on any atom is -0.320 e. The number of rotatable bonds is 1. The Balaban J connectivity index is 2.33. The van der Waals surface area contributed by atoms with Crippen molar-refractivity contribution in [2.75, 3.05) is 6.54 Å². The van der Waals surface area contributed by atoms with Crippen LogP contribution in [-0.4, -0.2) is 21.3 Å². The predicted octanol–water partition coefficient (Wildman–Crippen LogP) is -0.129. The molecule has 5 nitrogen and oxygen atoms in total. The van der Waals surface area contributed by atoms with Gasteiger partial charge in [-0.15, -0.1) is 0 Å². The average Bonchev–Trinajstić information content (AvgIpc) is 2.74. The summed E-state index contributed by atoms with van der Waals surface area (Å²) in [5.41, 5.74) is 6.62. The fraction of sp³-hybridized carbons (Fsp3) is 0.0909. The van der Waals surface area contributed by atoms with E-state index >= 15 is 0 Å². The Morgan fingerprint density at radius 2 is 2.12 bits per heavy atom. The monoisotopic (exact) mass is 214 g/mol. The molecule has 0 aliphatic rings. The largest absolute Gasteiger partial charge is 0.347 e. The molecule has 1 aromatic carbocycles. The number of hydrogen-bond acceptors (Lipinski definition) is 3. The third-order valence-corrected chi connectivity index (χ3v) is 2.03. The van der Waals surface area contributed by atoms with Crippen LogP contribution in [0.15, 0.2) is 35.4 Å². The molecule has 0 bridgehead atoms. The molecule has 2 rings (SSSR count). The number of nitrogens with two attached hydrogens (primary N) is 1. The first-order valence-electron chi connectivity index (χ1n) is 4.72. The topological polar surface area (TPSA) is 76.7 Å². The summed E-state index contributed by atoms with van der Waals surface area (Å²) in [4.78, 5) is 11.3. The molecule has 80 valence electrons. The number of benzene rings is 1. The Bertz CT molecular complexity index is 583. The van der Waals surface area contributed by atoms with Crippen molar-refractivity contribution in [1.82, 2.24) is 14.8 Å². The number of nitrogens with zero attached hydrogens (tertiary/aromatic N) is 2. The summed E-state index contributed by atoms with van der Waals surface area (Å²) in [6.07, 6.45) is 1.43. The lowest BCUT2D eigenvalue weighted by molar-refractivity contribution is 0.982. The van der Waals surface area contributed by atoms with Gasteiger partial charge in [-0.2, -0.15) is 5.10 Å². The molecular formula is C11H10N4O. The van der Waals surface area contributed by atoms with Crippen LogP contribution in [0, 0.1) is 11.8 Å². The van der Waals surface area contributed by atoms with Crippen molar-refractivity contribution in [3.63, 3.8) is 0 Å². The number of nitrogens with one attached hydrogen (secondary N) is 1. The summed E-state index contributed by atoms with van der Waals surface area (Å²) in [5, 5.41) is 5.98. The minimum absolute atomic E-state index is 0.263. The summed E-state index contributed by atoms with van der Waals surface area (Å²) in [7, 11) is 0. The zero-order valence-electron chi connectivity index (χ0n) is 8.47. The van der Waals surface area contributed by atoms with Crippen LogP contribution in [0.4, 0.5) is 0 Å². The van der Waals surface area contributed by atoms with Crippen molar-refractivity contribution >= 4 is 0 Å². The van der Waals surface area contributed by atoms with Crippen molar-refractivity contribution in [3.8, 4) is 17.5 Å². The standard InChI is InChI=1S/C11H10N4O/c12-7-1-2-9-3-5-10(6-4-9)15-8-13-14-11(15)16/h3-6,8H,7,12H2,(H,14,16). The molecule has 16 heavy (non-hydrogen) atoms. The van der Waals surface area contributed by atoms with E-state index < -0.39 is 0 Å². The number of hydrogen-bond donors (Lipinski definition) is 2. The molecule has 0 radical (unpaired) electrons. The molecule has 3 N–H and O–H groups in total. The van der Waals surface area contributed by atoms with Gasteiger partial charge in [0, 0.05) is 5.56 Å². The zero-order chi connectivity index (χ0) is 11.4. The van der Waals surface area contributed by atoms with Gasteiger partial charge in [-0.25, -0.2) is 14.5 Å². The second-order valence-electron chi connectivity index (χ2n) is 3.08. The van der Waals surface area contributed by atoms with Gasteiger partial charge in [0.05, 0.1) is 12.2 Å². The predicted molar refractivity (Wildman–Crippen MR) is 60.1 cm³/mol. The molecule has 2 aromatic rings. The molecule has 5 heteroatoms. The van der Waals surface area contributed by atoms with E-state index in [1.165, 1.54) is 10.9 Å². The zero-order valence-corrected chi connectivity index (χ0v) is 8.47. The fourth-order valence-electron chi connectivity index (χ4n) is 1.29. The number of aromatic amines is 1. The van der Waals surface area contributed by atoms with E-state index in [2.05, 4.69) is 22.0 Å². The lowest BCUT2D eigenvalue weighted by atomic mass is 10.2. The highest BCUT2D eigenvalue weighted by Crippen LogP contribution is 2.05. The molecule has 0 saturated carbocycles. The maximum absolute atomic E-state index is 11.3. The Hall–Kier alpha value is -2.32. The van der Waals surface area contributed by atoms with Crippen LogP contribution in [0.3, 0.4) is 0 Å². The van der Waals surface area contributed by atoms with Crippen LogP contribution in [0.1, 0.15) is 5.56 Å². The molecule has 0 amide bonds. The molecule has 0 aliphatic heterocycles. The first-order chi connectivity index (χ1) is 7.81. The summed E-state index contributed by atoms with van der Waals surface area (Å²) in [6, 6.07) is 7.27. The summed E-state index contributed by atoms with van der Waals surface area (Å²) < 4.78 is 1.42. The van der Waals surface area contributed by atoms with E-state index in [1.54, 1.807) is 12.1 Å². The normalized spacial score (nSPS) is 9.56. The van der Waals surface area contributed by atoms with Crippen LogP contribution >= 0.6 is 0 Å². The molecule has 0 saturated heterocycles. The van der Waals surface area contributed by atoms with E-state index in [0.717, 1.165) is 11.3 Å². The van der Waals surface area contributed by atoms with Crippen LogP contribution in [0.2, 0.25) is 0 Å². The van der Waals surface area contributed by atoms with Crippen molar-refractivity contribution in [1.29, 1.82) is 0 Å². The van der Waals surface area contributed by atoms with E-state index in [4.69, 9.17) is 5.73 Å².